The van der Waals surface area contributed by atoms with Gasteiger partial charge in [0.05, 0.1) is 17.5 Å². The smallest absolute Gasteiger partial charge is 0.186 e. The summed E-state index contributed by atoms with van der Waals surface area (Å²) in [6.45, 7) is 1.52. The molecule has 2 aromatic rings. The maximum absolute atomic E-state index is 10.7. The van der Waals surface area contributed by atoms with Crippen LogP contribution in [0.1, 0.15) is 12.5 Å². The first-order valence-electron chi connectivity index (χ1n) is 4.79. The predicted octanol–water partition coefficient (Wildman–Crippen LogP) is 2.01. The number of carbonyl (C=O) groups is 1. The van der Waals surface area contributed by atoms with Crippen molar-refractivity contribution in [3.05, 3.63) is 29.2 Å². The highest BCUT2D eigenvalue weighted by Gasteiger charge is 2.02. The number of halogens is 1. The number of nitrogens with zero attached hydrogens (tertiary/aromatic N) is 3. The highest BCUT2D eigenvalue weighted by atomic mass is 35.5. The van der Waals surface area contributed by atoms with Crippen LogP contribution in [0.25, 0.3) is 5.65 Å². The summed E-state index contributed by atoms with van der Waals surface area (Å²) in [6, 6.07) is 1.66. The molecule has 0 unspecified atom stereocenters. The lowest BCUT2D eigenvalue weighted by Gasteiger charge is -1.92. The molecular formula is C11H8ClN3OS. The van der Waals surface area contributed by atoms with E-state index in [-0.39, 0.29) is 5.12 Å². The van der Waals surface area contributed by atoms with Crippen molar-refractivity contribution in [2.75, 3.05) is 5.75 Å². The van der Waals surface area contributed by atoms with Gasteiger partial charge in [-0.05, 0) is 6.07 Å². The van der Waals surface area contributed by atoms with Gasteiger partial charge in [0.2, 0.25) is 0 Å². The highest BCUT2D eigenvalue weighted by molar-refractivity contribution is 8.13. The average Bonchev–Trinajstić information content (AvgIpc) is 2.67. The maximum atomic E-state index is 10.7. The molecule has 2 heterocycles. The van der Waals surface area contributed by atoms with Crippen LogP contribution < -0.4 is 0 Å². The molecule has 0 saturated carbocycles. The average molecular weight is 266 g/mol. The molecule has 0 radical (unpaired) electrons. The van der Waals surface area contributed by atoms with Gasteiger partial charge in [0.25, 0.3) is 0 Å². The summed E-state index contributed by atoms with van der Waals surface area (Å²) >= 11 is 6.98. The molecule has 4 nitrogen and oxygen atoms in total. The van der Waals surface area contributed by atoms with Crippen molar-refractivity contribution in [2.45, 2.75) is 6.92 Å². The monoisotopic (exact) mass is 265 g/mol. The van der Waals surface area contributed by atoms with E-state index in [9.17, 15) is 4.79 Å². The summed E-state index contributed by atoms with van der Waals surface area (Å²) < 4.78 is 1.61. The van der Waals surface area contributed by atoms with E-state index in [4.69, 9.17) is 11.6 Å². The topological polar surface area (TPSA) is 47.3 Å². The van der Waals surface area contributed by atoms with Crippen molar-refractivity contribution < 1.29 is 4.79 Å². The lowest BCUT2D eigenvalue weighted by Crippen LogP contribution is -1.89. The van der Waals surface area contributed by atoms with Gasteiger partial charge in [-0.25, -0.2) is 9.50 Å². The molecule has 17 heavy (non-hydrogen) atoms. The van der Waals surface area contributed by atoms with Gasteiger partial charge < -0.3 is 0 Å². The number of rotatable bonds is 1. The first kappa shape index (κ1) is 12.0. The van der Waals surface area contributed by atoms with Crippen LogP contribution in [0.4, 0.5) is 0 Å². The van der Waals surface area contributed by atoms with Gasteiger partial charge in [0.1, 0.15) is 5.15 Å². The van der Waals surface area contributed by atoms with Crippen LogP contribution in [-0.4, -0.2) is 25.5 Å². The van der Waals surface area contributed by atoms with Crippen molar-refractivity contribution >= 4 is 34.1 Å². The van der Waals surface area contributed by atoms with Crippen LogP contribution in [0.15, 0.2) is 18.5 Å². The minimum Gasteiger partial charge on any atom is -0.288 e. The number of fused-ring (bicyclic) bond motifs is 1. The zero-order valence-corrected chi connectivity index (χ0v) is 10.5. The summed E-state index contributed by atoms with van der Waals surface area (Å²) in [4.78, 5) is 14.9. The Bertz CT molecular complexity index is 626. The van der Waals surface area contributed by atoms with Crippen LogP contribution in [0.5, 0.6) is 0 Å². The molecule has 0 fully saturated rings. The minimum atomic E-state index is 0.0559. The first-order valence-corrected chi connectivity index (χ1v) is 6.15. The van der Waals surface area contributed by atoms with Crippen LogP contribution in [0, 0.1) is 11.8 Å². The lowest BCUT2D eigenvalue weighted by atomic mass is 10.3. The van der Waals surface area contributed by atoms with Gasteiger partial charge >= 0.3 is 0 Å². The van der Waals surface area contributed by atoms with E-state index < -0.39 is 0 Å². The Labute approximate surface area is 107 Å². The van der Waals surface area contributed by atoms with Gasteiger partial charge in [0, 0.05) is 13.1 Å². The first-order chi connectivity index (χ1) is 8.16. The van der Waals surface area contributed by atoms with Crippen molar-refractivity contribution in [2.24, 2.45) is 0 Å². The molecule has 0 aliphatic heterocycles. The molecular weight excluding hydrogens is 258 g/mol. The molecule has 2 rings (SSSR count). The molecule has 0 atom stereocenters. The predicted molar refractivity (Wildman–Crippen MR) is 68.0 cm³/mol. The van der Waals surface area contributed by atoms with E-state index in [1.54, 1.807) is 23.0 Å². The van der Waals surface area contributed by atoms with Crippen LogP contribution >= 0.6 is 23.4 Å². The highest BCUT2D eigenvalue weighted by Crippen LogP contribution is 2.10. The minimum absolute atomic E-state index is 0.0559. The lowest BCUT2D eigenvalue weighted by molar-refractivity contribution is -0.109. The van der Waals surface area contributed by atoms with E-state index in [1.807, 2.05) is 0 Å². The van der Waals surface area contributed by atoms with Crippen molar-refractivity contribution in [1.29, 1.82) is 0 Å². The van der Waals surface area contributed by atoms with Gasteiger partial charge in [0.15, 0.2) is 10.8 Å². The van der Waals surface area contributed by atoms with E-state index in [1.165, 1.54) is 18.7 Å². The fraction of sp³-hybridized carbons (Fsp3) is 0.182. The third-order valence-corrected chi connectivity index (χ3v) is 2.81. The van der Waals surface area contributed by atoms with E-state index in [0.29, 0.717) is 22.1 Å². The second kappa shape index (κ2) is 5.21. The number of aromatic nitrogens is 3. The van der Waals surface area contributed by atoms with Gasteiger partial charge in [-0.2, -0.15) is 5.10 Å². The zero-order chi connectivity index (χ0) is 12.3. The summed E-state index contributed by atoms with van der Waals surface area (Å²) in [5.74, 6) is 6.27. The number of carbonyl (C=O) groups excluding carboxylic acids is 1. The largest absolute Gasteiger partial charge is 0.288 e. The second-order valence-corrected chi connectivity index (χ2v) is 4.70. The number of hydrogen-bond acceptors (Lipinski definition) is 4. The molecule has 6 heteroatoms. The maximum Gasteiger partial charge on any atom is 0.186 e. The molecule has 0 aromatic carbocycles. The normalized spacial score (nSPS) is 10.0. The Morgan fingerprint density at radius 1 is 1.65 bits per heavy atom. The van der Waals surface area contributed by atoms with Crippen molar-refractivity contribution in [1.82, 2.24) is 14.6 Å². The quantitative estimate of drug-likeness (QED) is 0.585. The standard InChI is InChI=1S/C11H8ClN3OS/c1-8(16)17-6-2-3-9-7-13-15-5-4-10(12)14-11(9)15/h4-5,7H,6H2,1H3. The SMILES string of the molecule is CC(=O)SCC#Cc1cnn2ccc(Cl)nc12. The molecule has 0 saturated heterocycles. The Morgan fingerprint density at radius 2 is 2.47 bits per heavy atom. The van der Waals surface area contributed by atoms with Crippen LogP contribution in [0.2, 0.25) is 5.15 Å². The van der Waals surface area contributed by atoms with E-state index >= 15 is 0 Å². The molecule has 0 N–H and O–H groups in total. The Kier molecular flexibility index (Phi) is 3.67. The molecule has 86 valence electrons. The third-order valence-electron chi connectivity index (χ3n) is 1.91. The third kappa shape index (κ3) is 2.99. The van der Waals surface area contributed by atoms with Crippen LogP contribution in [-0.2, 0) is 4.79 Å². The fourth-order valence-corrected chi connectivity index (χ4v) is 1.69. The molecule has 2 aromatic heterocycles. The fourth-order valence-electron chi connectivity index (χ4n) is 1.20. The molecule has 0 bridgehead atoms. The summed E-state index contributed by atoms with van der Waals surface area (Å²) in [5.41, 5.74) is 1.33. The summed E-state index contributed by atoms with van der Waals surface area (Å²) in [7, 11) is 0. The van der Waals surface area contributed by atoms with Crippen LogP contribution in [0.3, 0.4) is 0 Å². The Balaban J connectivity index is 2.24. The molecule has 0 aliphatic rings. The van der Waals surface area contributed by atoms with Gasteiger partial charge in [-0.3, -0.25) is 4.79 Å². The van der Waals surface area contributed by atoms with Gasteiger partial charge in [-0.1, -0.05) is 35.2 Å². The zero-order valence-electron chi connectivity index (χ0n) is 8.98. The molecule has 0 amide bonds. The number of thioether (sulfide) groups is 1. The summed E-state index contributed by atoms with van der Waals surface area (Å²) in [5, 5.41) is 4.55. The van der Waals surface area contributed by atoms with Gasteiger partial charge in [-0.15, -0.1) is 0 Å². The van der Waals surface area contributed by atoms with Crippen molar-refractivity contribution in [3.8, 4) is 11.8 Å². The molecule has 0 spiro atoms. The molecule has 0 aliphatic carbocycles. The van der Waals surface area contributed by atoms with E-state index in [2.05, 4.69) is 21.9 Å². The Hall–Kier alpha value is -1.51. The number of hydrogen-bond donors (Lipinski definition) is 0. The second-order valence-electron chi connectivity index (χ2n) is 3.16. The van der Waals surface area contributed by atoms with E-state index in [0.717, 1.165) is 0 Å². The summed E-state index contributed by atoms with van der Waals surface area (Å²) in [6.07, 6.45) is 3.35. The Morgan fingerprint density at radius 3 is 3.24 bits per heavy atom. The van der Waals surface area contributed by atoms with Crippen molar-refractivity contribution in [3.63, 3.8) is 0 Å².